The predicted octanol–water partition coefficient (Wildman–Crippen LogP) is 4.45. The van der Waals surface area contributed by atoms with Crippen LogP contribution in [0.25, 0.3) is 0 Å². The largest absolute Gasteiger partial charge is 0.303 e. The lowest BCUT2D eigenvalue weighted by Gasteiger charge is -2.41. The summed E-state index contributed by atoms with van der Waals surface area (Å²) < 4.78 is 0. The Bertz CT molecular complexity index is 219. The smallest absolute Gasteiger partial charge is 0.0100 e. The van der Waals surface area contributed by atoms with Crippen molar-refractivity contribution in [1.82, 2.24) is 4.90 Å². The summed E-state index contributed by atoms with van der Waals surface area (Å²) in [7, 11) is 0. The number of alkyl halides is 1. The van der Waals surface area contributed by atoms with Crippen LogP contribution in [0.15, 0.2) is 0 Å². The van der Waals surface area contributed by atoms with E-state index in [4.69, 9.17) is 0 Å². The van der Waals surface area contributed by atoms with Crippen molar-refractivity contribution < 1.29 is 0 Å². The maximum Gasteiger partial charge on any atom is 0.0100 e. The molecule has 0 aliphatic heterocycles. The van der Waals surface area contributed by atoms with Crippen molar-refractivity contribution in [2.45, 2.75) is 58.3 Å². The molecule has 100 valence electrons. The monoisotopic (exact) mass is 301 g/mol. The lowest BCUT2D eigenvalue weighted by Crippen LogP contribution is -2.43. The summed E-state index contributed by atoms with van der Waals surface area (Å²) in [5.41, 5.74) is 0.595. The van der Waals surface area contributed by atoms with Gasteiger partial charge in [0.25, 0.3) is 0 Å². The number of rotatable bonds is 6. The van der Waals surface area contributed by atoms with E-state index in [-0.39, 0.29) is 0 Å². The van der Waals surface area contributed by atoms with E-state index in [2.05, 4.69) is 27.8 Å². The van der Waals surface area contributed by atoms with E-state index >= 15 is 0 Å². The maximum absolute atomic E-state index is 3.80. The van der Waals surface area contributed by atoms with Crippen LogP contribution in [0.5, 0.6) is 0 Å². The number of nitrogens with zero attached hydrogens (tertiary/aromatic N) is 1. The van der Waals surface area contributed by atoms with Crippen LogP contribution in [0.3, 0.4) is 0 Å². The Hall–Kier alpha value is 0.440. The van der Waals surface area contributed by atoms with Gasteiger partial charge >= 0.3 is 0 Å². The van der Waals surface area contributed by atoms with Crippen LogP contribution in [0, 0.1) is 11.3 Å². The van der Waals surface area contributed by atoms with Crippen molar-refractivity contribution in [2.24, 2.45) is 11.3 Å². The van der Waals surface area contributed by atoms with Crippen molar-refractivity contribution >= 4 is 15.9 Å². The van der Waals surface area contributed by atoms with Gasteiger partial charge < -0.3 is 4.90 Å². The Morgan fingerprint density at radius 1 is 1.12 bits per heavy atom. The van der Waals surface area contributed by atoms with E-state index in [1.807, 2.05) is 0 Å². The van der Waals surface area contributed by atoms with E-state index in [9.17, 15) is 0 Å². The SMILES string of the molecule is CCN(CC1CCC1)CC1(CBr)CCCCC1. The van der Waals surface area contributed by atoms with Gasteiger partial charge in [-0.05, 0) is 43.6 Å². The first-order valence-electron chi connectivity index (χ1n) is 7.56. The van der Waals surface area contributed by atoms with Gasteiger partial charge in [-0.1, -0.05) is 48.5 Å². The highest BCUT2D eigenvalue weighted by Crippen LogP contribution is 2.39. The summed E-state index contributed by atoms with van der Waals surface area (Å²) in [6, 6.07) is 0. The third-order valence-corrected chi connectivity index (χ3v) is 6.13. The van der Waals surface area contributed by atoms with Crippen LogP contribution in [0.1, 0.15) is 58.3 Å². The minimum absolute atomic E-state index is 0.595. The third kappa shape index (κ3) is 3.70. The molecule has 0 atom stereocenters. The number of hydrogen-bond acceptors (Lipinski definition) is 1. The van der Waals surface area contributed by atoms with Crippen molar-refractivity contribution in [3.8, 4) is 0 Å². The molecule has 0 spiro atoms. The Balaban J connectivity index is 1.85. The Morgan fingerprint density at radius 2 is 1.82 bits per heavy atom. The standard InChI is InChI=1S/C15H28BrN/c1-2-17(11-14-7-6-8-14)13-15(12-16)9-4-3-5-10-15/h14H,2-13H2,1H3. The Labute approximate surface area is 115 Å². The summed E-state index contributed by atoms with van der Waals surface area (Å²) in [5.74, 6) is 1.02. The van der Waals surface area contributed by atoms with E-state index in [1.54, 1.807) is 0 Å². The molecule has 2 aliphatic carbocycles. The zero-order valence-electron chi connectivity index (χ0n) is 11.4. The fraction of sp³-hybridized carbons (Fsp3) is 1.00. The normalized spacial score (nSPS) is 24.9. The lowest BCUT2D eigenvalue weighted by molar-refractivity contribution is 0.101. The molecule has 0 heterocycles. The molecular formula is C15H28BrN. The van der Waals surface area contributed by atoms with Crippen molar-refractivity contribution in [1.29, 1.82) is 0 Å². The molecule has 0 amide bonds. The van der Waals surface area contributed by atoms with Crippen molar-refractivity contribution in [3.63, 3.8) is 0 Å². The molecule has 17 heavy (non-hydrogen) atoms. The van der Waals surface area contributed by atoms with Crippen molar-refractivity contribution in [3.05, 3.63) is 0 Å². The van der Waals surface area contributed by atoms with Gasteiger partial charge in [0.2, 0.25) is 0 Å². The average molecular weight is 302 g/mol. The minimum atomic E-state index is 0.595. The molecule has 1 nitrogen and oxygen atoms in total. The highest BCUT2D eigenvalue weighted by atomic mass is 79.9. The number of halogens is 1. The summed E-state index contributed by atoms with van der Waals surface area (Å²) in [6.45, 7) is 6.28. The second-order valence-corrected chi connectivity index (χ2v) is 6.88. The van der Waals surface area contributed by atoms with E-state index in [0.29, 0.717) is 5.41 Å². The van der Waals surface area contributed by atoms with Crippen LogP contribution in [0.2, 0.25) is 0 Å². The lowest BCUT2D eigenvalue weighted by atomic mass is 9.75. The molecule has 2 fully saturated rings. The highest BCUT2D eigenvalue weighted by Gasteiger charge is 2.33. The summed E-state index contributed by atoms with van der Waals surface area (Å²) in [4.78, 5) is 2.73. The zero-order chi connectivity index (χ0) is 12.1. The molecule has 2 heteroatoms. The first-order chi connectivity index (χ1) is 8.28. The summed E-state index contributed by atoms with van der Waals surface area (Å²) in [5, 5.41) is 1.21. The van der Waals surface area contributed by atoms with Crippen molar-refractivity contribution in [2.75, 3.05) is 25.0 Å². The summed E-state index contributed by atoms with van der Waals surface area (Å²) in [6.07, 6.45) is 11.7. The molecule has 0 radical (unpaired) electrons. The van der Waals surface area contributed by atoms with Crippen LogP contribution < -0.4 is 0 Å². The van der Waals surface area contributed by atoms with Gasteiger partial charge in [-0.3, -0.25) is 0 Å². The van der Waals surface area contributed by atoms with Gasteiger partial charge in [0, 0.05) is 18.4 Å². The first-order valence-corrected chi connectivity index (χ1v) is 8.68. The molecule has 0 aromatic heterocycles. The Morgan fingerprint density at radius 3 is 2.29 bits per heavy atom. The molecule has 0 saturated heterocycles. The fourth-order valence-corrected chi connectivity index (χ4v) is 4.19. The molecule has 0 bridgehead atoms. The molecule has 2 rings (SSSR count). The maximum atomic E-state index is 3.80. The molecular weight excluding hydrogens is 274 g/mol. The molecule has 0 aromatic rings. The molecule has 2 aliphatic rings. The third-order valence-electron chi connectivity index (χ3n) is 4.95. The average Bonchev–Trinajstić information content (AvgIpc) is 2.33. The second kappa shape index (κ2) is 6.56. The van der Waals surface area contributed by atoms with Gasteiger partial charge in [-0.25, -0.2) is 0 Å². The zero-order valence-corrected chi connectivity index (χ0v) is 13.0. The van der Waals surface area contributed by atoms with Gasteiger partial charge in [0.15, 0.2) is 0 Å². The fourth-order valence-electron chi connectivity index (χ4n) is 3.46. The van der Waals surface area contributed by atoms with Crippen LogP contribution in [0.4, 0.5) is 0 Å². The van der Waals surface area contributed by atoms with Gasteiger partial charge in [-0.2, -0.15) is 0 Å². The van der Waals surface area contributed by atoms with E-state index in [1.165, 1.54) is 76.3 Å². The van der Waals surface area contributed by atoms with Crippen LogP contribution in [-0.4, -0.2) is 29.9 Å². The first kappa shape index (κ1) is 13.9. The van der Waals surface area contributed by atoms with Crippen LogP contribution >= 0.6 is 15.9 Å². The van der Waals surface area contributed by atoms with Crippen LogP contribution in [-0.2, 0) is 0 Å². The van der Waals surface area contributed by atoms with Gasteiger partial charge in [-0.15, -0.1) is 0 Å². The Kier molecular flexibility index (Phi) is 5.35. The van der Waals surface area contributed by atoms with E-state index < -0.39 is 0 Å². The molecule has 0 unspecified atom stereocenters. The molecule has 0 N–H and O–H groups in total. The molecule has 2 saturated carbocycles. The minimum Gasteiger partial charge on any atom is -0.303 e. The van der Waals surface area contributed by atoms with E-state index in [0.717, 1.165) is 5.92 Å². The quantitative estimate of drug-likeness (QED) is 0.655. The number of hydrogen-bond donors (Lipinski definition) is 0. The molecule has 0 aromatic carbocycles. The summed E-state index contributed by atoms with van der Waals surface area (Å²) >= 11 is 3.80. The highest BCUT2D eigenvalue weighted by molar-refractivity contribution is 9.09. The predicted molar refractivity (Wildman–Crippen MR) is 78.8 cm³/mol. The van der Waals surface area contributed by atoms with Gasteiger partial charge in [0.1, 0.15) is 0 Å². The second-order valence-electron chi connectivity index (χ2n) is 6.32. The topological polar surface area (TPSA) is 3.24 Å². The van der Waals surface area contributed by atoms with Gasteiger partial charge in [0.05, 0.1) is 0 Å².